The van der Waals surface area contributed by atoms with Crippen molar-refractivity contribution in [2.75, 3.05) is 26.7 Å². The van der Waals surface area contributed by atoms with Crippen LogP contribution in [-0.2, 0) is 6.54 Å². The molecule has 3 heteroatoms. The van der Waals surface area contributed by atoms with Gasteiger partial charge in [-0.3, -0.25) is 4.90 Å². The number of benzene rings is 1. The van der Waals surface area contributed by atoms with Gasteiger partial charge in [0, 0.05) is 37.3 Å². The number of methoxy groups -OCH3 is 1. The Morgan fingerprint density at radius 1 is 1.40 bits per heavy atom. The van der Waals surface area contributed by atoms with Gasteiger partial charge in [-0.2, -0.15) is 0 Å². The summed E-state index contributed by atoms with van der Waals surface area (Å²) in [5, 5.41) is 3.58. The molecule has 2 aliphatic rings. The molecule has 1 heterocycles. The molecule has 2 fully saturated rings. The van der Waals surface area contributed by atoms with E-state index in [0.29, 0.717) is 5.54 Å². The summed E-state index contributed by atoms with van der Waals surface area (Å²) in [4.78, 5) is 2.67. The van der Waals surface area contributed by atoms with Crippen molar-refractivity contribution in [2.24, 2.45) is 5.92 Å². The van der Waals surface area contributed by atoms with Gasteiger partial charge >= 0.3 is 0 Å². The average molecular weight is 274 g/mol. The summed E-state index contributed by atoms with van der Waals surface area (Å²) in [5.74, 6) is 1.89. The van der Waals surface area contributed by atoms with Crippen molar-refractivity contribution in [3.05, 3.63) is 29.3 Å². The standard InChI is InChI=1S/C17H26N2O/c1-13-4-7-16(20-3)14(10-13)11-19-9-8-18-12-17(19,2)15-5-6-15/h4,7,10,15,18H,5-6,8-9,11-12H2,1-3H3. The lowest BCUT2D eigenvalue weighted by atomic mass is 9.90. The minimum atomic E-state index is 0.313. The zero-order valence-electron chi connectivity index (χ0n) is 12.9. The number of rotatable bonds is 4. The third kappa shape index (κ3) is 2.57. The van der Waals surface area contributed by atoms with Crippen LogP contribution in [0.1, 0.15) is 30.9 Å². The number of ether oxygens (including phenoxy) is 1. The molecular weight excluding hydrogens is 248 g/mol. The first kappa shape index (κ1) is 13.9. The van der Waals surface area contributed by atoms with E-state index < -0.39 is 0 Å². The van der Waals surface area contributed by atoms with Gasteiger partial charge in [0.25, 0.3) is 0 Å². The van der Waals surface area contributed by atoms with Gasteiger partial charge in [-0.25, -0.2) is 0 Å². The highest BCUT2D eigenvalue weighted by Crippen LogP contribution is 2.44. The molecule has 1 N–H and O–H groups in total. The Hall–Kier alpha value is -1.06. The summed E-state index contributed by atoms with van der Waals surface area (Å²) in [7, 11) is 1.77. The molecule has 110 valence electrons. The van der Waals surface area contributed by atoms with Gasteiger partial charge in [0.05, 0.1) is 7.11 Å². The molecule has 0 amide bonds. The molecule has 0 aromatic heterocycles. The fraction of sp³-hybridized carbons (Fsp3) is 0.647. The molecule has 1 aliphatic carbocycles. The number of piperazine rings is 1. The SMILES string of the molecule is COc1ccc(C)cc1CN1CCNCC1(C)C1CC1. The molecule has 1 aromatic rings. The molecule has 1 atom stereocenters. The Bertz CT molecular complexity index is 484. The summed E-state index contributed by atoms with van der Waals surface area (Å²) in [5.41, 5.74) is 2.94. The predicted octanol–water partition coefficient (Wildman–Crippen LogP) is 2.58. The topological polar surface area (TPSA) is 24.5 Å². The predicted molar refractivity (Wildman–Crippen MR) is 82.1 cm³/mol. The molecule has 0 bridgehead atoms. The van der Waals surface area contributed by atoms with E-state index in [2.05, 4.69) is 42.3 Å². The molecule has 1 saturated carbocycles. The Morgan fingerprint density at radius 3 is 2.90 bits per heavy atom. The van der Waals surface area contributed by atoms with Crippen molar-refractivity contribution in [1.29, 1.82) is 0 Å². The van der Waals surface area contributed by atoms with Gasteiger partial charge in [0.15, 0.2) is 0 Å². The van der Waals surface area contributed by atoms with Gasteiger partial charge < -0.3 is 10.1 Å². The Kier molecular flexibility index (Phi) is 3.74. The summed E-state index contributed by atoms with van der Waals surface area (Å²) >= 11 is 0. The minimum Gasteiger partial charge on any atom is -0.496 e. The van der Waals surface area contributed by atoms with E-state index in [0.717, 1.165) is 37.8 Å². The normalized spacial score (nSPS) is 27.6. The summed E-state index contributed by atoms with van der Waals surface area (Å²) in [6, 6.07) is 6.50. The molecule has 3 rings (SSSR count). The van der Waals surface area contributed by atoms with Gasteiger partial charge in [0.1, 0.15) is 5.75 Å². The Balaban J connectivity index is 1.83. The second-order valence-electron chi connectivity index (χ2n) is 6.55. The molecule has 1 unspecified atom stereocenters. The van der Waals surface area contributed by atoms with E-state index in [4.69, 9.17) is 4.74 Å². The van der Waals surface area contributed by atoms with E-state index in [1.54, 1.807) is 7.11 Å². The van der Waals surface area contributed by atoms with Gasteiger partial charge in [-0.1, -0.05) is 17.7 Å². The van der Waals surface area contributed by atoms with Crippen molar-refractivity contribution in [3.63, 3.8) is 0 Å². The van der Waals surface area contributed by atoms with Crippen molar-refractivity contribution >= 4 is 0 Å². The monoisotopic (exact) mass is 274 g/mol. The van der Waals surface area contributed by atoms with Crippen LogP contribution in [0.4, 0.5) is 0 Å². The Labute approximate surface area is 122 Å². The van der Waals surface area contributed by atoms with Gasteiger partial charge in [0.2, 0.25) is 0 Å². The van der Waals surface area contributed by atoms with Crippen LogP contribution in [0.2, 0.25) is 0 Å². The summed E-state index contributed by atoms with van der Waals surface area (Å²) < 4.78 is 5.54. The number of nitrogens with zero attached hydrogens (tertiary/aromatic N) is 1. The van der Waals surface area contributed by atoms with Crippen LogP contribution in [0.25, 0.3) is 0 Å². The number of aryl methyl sites for hydroxylation is 1. The quantitative estimate of drug-likeness (QED) is 0.913. The summed E-state index contributed by atoms with van der Waals surface area (Å²) in [6.45, 7) is 8.92. The van der Waals surface area contributed by atoms with Crippen molar-refractivity contribution in [2.45, 2.75) is 38.8 Å². The fourth-order valence-corrected chi connectivity index (χ4v) is 3.53. The lowest BCUT2D eigenvalue weighted by Crippen LogP contribution is -2.60. The molecule has 1 aromatic carbocycles. The number of nitrogens with one attached hydrogen (secondary N) is 1. The fourth-order valence-electron chi connectivity index (χ4n) is 3.53. The van der Waals surface area contributed by atoms with E-state index in [1.165, 1.54) is 24.0 Å². The highest BCUT2D eigenvalue weighted by Gasteiger charge is 2.46. The lowest BCUT2D eigenvalue weighted by Gasteiger charge is -2.46. The van der Waals surface area contributed by atoms with E-state index in [1.807, 2.05) is 0 Å². The van der Waals surface area contributed by atoms with Crippen LogP contribution in [0.15, 0.2) is 18.2 Å². The minimum absolute atomic E-state index is 0.313. The maximum absolute atomic E-state index is 5.54. The zero-order valence-corrected chi connectivity index (χ0v) is 12.9. The molecular formula is C17H26N2O. The highest BCUT2D eigenvalue weighted by atomic mass is 16.5. The van der Waals surface area contributed by atoms with Crippen LogP contribution in [0.3, 0.4) is 0 Å². The van der Waals surface area contributed by atoms with Gasteiger partial charge in [-0.15, -0.1) is 0 Å². The van der Waals surface area contributed by atoms with E-state index in [-0.39, 0.29) is 0 Å². The molecule has 3 nitrogen and oxygen atoms in total. The number of hydrogen-bond donors (Lipinski definition) is 1. The second kappa shape index (κ2) is 5.38. The zero-order chi connectivity index (χ0) is 14.2. The second-order valence-corrected chi connectivity index (χ2v) is 6.55. The molecule has 20 heavy (non-hydrogen) atoms. The van der Waals surface area contributed by atoms with E-state index in [9.17, 15) is 0 Å². The first-order valence-electron chi connectivity index (χ1n) is 7.73. The van der Waals surface area contributed by atoms with Crippen LogP contribution in [0, 0.1) is 12.8 Å². The largest absolute Gasteiger partial charge is 0.496 e. The van der Waals surface area contributed by atoms with Crippen LogP contribution >= 0.6 is 0 Å². The maximum atomic E-state index is 5.54. The molecule has 0 radical (unpaired) electrons. The third-order valence-corrected chi connectivity index (χ3v) is 5.02. The Morgan fingerprint density at radius 2 is 2.20 bits per heavy atom. The lowest BCUT2D eigenvalue weighted by molar-refractivity contribution is 0.0478. The summed E-state index contributed by atoms with van der Waals surface area (Å²) in [6.07, 6.45) is 2.78. The van der Waals surface area contributed by atoms with Crippen LogP contribution in [0.5, 0.6) is 5.75 Å². The first-order chi connectivity index (χ1) is 9.63. The molecule has 0 spiro atoms. The molecule has 1 saturated heterocycles. The van der Waals surface area contributed by atoms with Crippen molar-refractivity contribution < 1.29 is 4.74 Å². The third-order valence-electron chi connectivity index (χ3n) is 5.02. The highest BCUT2D eigenvalue weighted by molar-refractivity contribution is 5.37. The van der Waals surface area contributed by atoms with Crippen LogP contribution in [-0.4, -0.2) is 37.2 Å². The maximum Gasteiger partial charge on any atom is 0.123 e. The number of hydrogen-bond acceptors (Lipinski definition) is 3. The van der Waals surface area contributed by atoms with Gasteiger partial charge in [-0.05, 0) is 38.7 Å². The first-order valence-corrected chi connectivity index (χ1v) is 7.73. The van der Waals surface area contributed by atoms with Crippen molar-refractivity contribution in [1.82, 2.24) is 10.2 Å². The smallest absolute Gasteiger partial charge is 0.123 e. The molecule has 1 aliphatic heterocycles. The van der Waals surface area contributed by atoms with E-state index >= 15 is 0 Å². The van der Waals surface area contributed by atoms with Crippen molar-refractivity contribution in [3.8, 4) is 5.75 Å². The average Bonchev–Trinajstić information content (AvgIpc) is 3.27. The van der Waals surface area contributed by atoms with Crippen LogP contribution < -0.4 is 10.1 Å².